The van der Waals surface area contributed by atoms with Crippen LogP contribution in [-0.4, -0.2) is 21.1 Å². The molecule has 0 saturated carbocycles. The molecule has 0 aliphatic carbocycles. The predicted octanol–water partition coefficient (Wildman–Crippen LogP) is 2.80. The van der Waals surface area contributed by atoms with Gasteiger partial charge in [0.2, 0.25) is 5.89 Å². The van der Waals surface area contributed by atoms with Crippen LogP contribution in [-0.2, 0) is 0 Å². The first-order chi connectivity index (χ1) is 8.95. The van der Waals surface area contributed by atoms with Gasteiger partial charge in [0.05, 0.1) is 0 Å². The number of rotatable bonds is 3. The molecule has 7 heteroatoms. The number of aromatic nitrogens is 3. The molecule has 1 N–H and O–H groups in total. The van der Waals surface area contributed by atoms with E-state index < -0.39 is 0 Å². The molecule has 2 rings (SSSR count). The summed E-state index contributed by atoms with van der Waals surface area (Å²) in [6.07, 6.45) is 0. The van der Waals surface area contributed by atoms with Crippen LogP contribution in [0.5, 0.6) is 0 Å². The molecule has 0 aromatic carbocycles. The van der Waals surface area contributed by atoms with Gasteiger partial charge in [-0.2, -0.15) is 0 Å². The van der Waals surface area contributed by atoms with Crippen LogP contribution in [0.25, 0.3) is 0 Å². The van der Waals surface area contributed by atoms with Gasteiger partial charge in [-0.25, -0.2) is 4.98 Å². The summed E-state index contributed by atoms with van der Waals surface area (Å²) in [6.45, 7) is 5.59. The van der Waals surface area contributed by atoms with Gasteiger partial charge in [0.25, 0.3) is 5.91 Å². The molecule has 0 aliphatic rings. The van der Waals surface area contributed by atoms with Crippen LogP contribution < -0.4 is 5.32 Å². The largest absolute Gasteiger partial charge is 0.408 e. The molecular formula is C12H13ClN4O2. The number of aryl methyl sites for hydroxylation is 1. The van der Waals surface area contributed by atoms with E-state index in [1.165, 1.54) is 6.07 Å². The second-order valence-corrected chi connectivity index (χ2v) is 4.73. The van der Waals surface area contributed by atoms with E-state index in [0.717, 1.165) is 5.69 Å². The minimum absolute atomic E-state index is 0.0570. The van der Waals surface area contributed by atoms with E-state index in [1.807, 2.05) is 13.8 Å². The summed E-state index contributed by atoms with van der Waals surface area (Å²) in [4.78, 5) is 16.2. The van der Waals surface area contributed by atoms with Gasteiger partial charge in [-0.15, -0.1) is 5.10 Å². The van der Waals surface area contributed by atoms with E-state index in [2.05, 4.69) is 20.5 Å². The molecule has 0 fully saturated rings. The first-order valence-corrected chi connectivity index (χ1v) is 6.12. The van der Waals surface area contributed by atoms with Crippen molar-refractivity contribution in [2.75, 3.05) is 5.32 Å². The number of carbonyl (C=O) groups excluding carboxylic acids is 1. The molecule has 100 valence electrons. The maximum atomic E-state index is 12.0. The Morgan fingerprint density at radius 2 is 2.11 bits per heavy atom. The summed E-state index contributed by atoms with van der Waals surface area (Å²) in [7, 11) is 0. The van der Waals surface area contributed by atoms with E-state index in [4.69, 9.17) is 16.0 Å². The minimum atomic E-state index is -0.366. The zero-order valence-corrected chi connectivity index (χ0v) is 11.5. The highest BCUT2D eigenvalue weighted by Gasteiger charge is 2.13. The van der Waals surface area contributed by atoms with Gasteiger partial charge >= 0.3 is 6.01 Å². The number of hydrogen-bond acceptors (Lipinski definition) is 5. The summed E-state index contributed by atoms with van der Waals surface area (Å²) in [6, 6.07) is 3.24. The van der Waals surface area contributed by atoms with E-state index in [-0.39, 0.29) is 23.0 Å². The normalized spacial score (nSPS) is 10.8. The standard InChI is InChI=1S/C12H13ClN4O2/c1-6(2)9-4-8(5-10(13)14-9)11(18)15-12-17-16-7(3)19-12/h4-6H,1-3H3,(H,15,17,18). The Hall–Kier alpha value is -1.95. The summed E-state index contributed by atoms with van der Waals surface area (Å²) in [5.74, 6) is 0.191. The van der Waals surface area contributed by atoms with Crippen LogP contribution in [0.1, 0.15) is 41.7 Å². The van der Waals surface area contributed by atoms with Crippen molar-refractivity contribution in [1.29, 1.82) is 0 Å². The molecule has 0 spiro atoms. The Morgan fingerprint density at radius 3 is 2.68 bits per heavy atom. The van der Waals surface area contributed by atoms with Gasteiger partial charge in [0, 0.05) is 18.2 Å². The molecule has 1 amide bonds. The number of halogens is 1. The van der Waals surface area contributed by atoms with Gasteiger partial charge in [0.1, 0.15) is 5.15 Å². The fourth-order valence-electron chi connectivity index (χ4n) is 1.46. The number of amides is 1. The lowest BCUT2D eigenvalue weighted by atomic mass is 10.1. The van der Waals surface area contributed by atoms with E-state index in [9.17, 15) is 4.79 Å². The Balaban J connectivity index is 2.23. The van der Waals surface area contributed by atoms with Gasteiger partial charge in [-0.3, -0.25) is 10.1 Å². The van der Waals surface area contributed by atoms with Crippen LogP contribution in [0, 0.1) is 6.92 Å². The molecule has 0 saturated heterocycles. The average Bonchev–Trinajstić information content (AvgIpc) is 2.73. The van der Waals surface area contributed by atoms with Crippen molar-refractivity contribution in [3.05, 3.63) is 34.4 Å². The highest BCUT2D eigenvalue weighted by molar-refractivity contribution is 6.29. The molecule has 0 aliphatic heterocycles. The molecular weight excluding hydrogens is 268 g/mol. The molecule has 6 nitrogen and oxygen atoms in total. The fourth-order valence-corrected chi connectivity index (χ4v) is 1.68. The van der Waals surface area contributed by atoms with E-state index in [0.29, 0.717) is 11.5 Å². The van der Waals surface area contributed by atoms with E-state index in [1.54, 1.807) is 13.0 Å². The van der Waals surface area contributed by atoms with Gasteiger partial charge < -0.3 is 4.42 Å². The third-order valence-corrected chi connectivity index (χ3v) is 2.61. The van der Waals surface area contributed by atoms with Crippen molar-refractivity contribution in [3.63, 3.8) is 0 Å². The highest BCUT2D eigenvalue weighted by atomic mass is 35.5. The van der Waals surface area contributed by atoms with Gasteiger partial charge in [-0.1, -0.05) is 30.5 Å². The third-order valence-electron chi connectivity index (χ3n) is 2.41. The molecule has 2 aromatic heterocycles. The molecule has 19 heavy (non-hydrogen) atoms. The molecule has 0 unspecified atom stereocenters. The van der Waals surface area contributed by atoms with Crippen LogP contribution in [0.2, 0.25) is 5.15 Å². The van der Waals surface area contributed by atoms with Crippen molar-refractivity contribution in [3.8, 4) is 0 Å². The first kappa shape index (κ1) is 13.5. The van der Waals surface area contributed by atoms with Gasteiger partial charge in [-0.05, 0) is 18.1 Å². The smallest absolute Gasteiger partial charge is 0.322 e. The molecule has 2 heterocycles. The number of pyridine rings is 1. The second-order valence-electron chi connectivity index (χ2n) is 4.34. The topological polar surface area (TPSA) is 80.9 Å². The average molecular weight is 281 g/mol. The number of nitrogens with one attached hydrogen (secondary N) is 1. The molecule has 0 radical (unpaired) electrons. The lowest BCUT2D eigenvalue weighted by molar-refractivity contribution is 0.102. The number of carbonyl (C=O) groups is 1. The number of hydrogen-bond donors (Lipinski definition) is 1. The van der Waals surface area contributed by atoms with Crippen molar-refractivity contribution in [2.45, 2.75) is 26.7 Å². The van der Waals surface area contributed by atoms with E-state index >= 15 is 0 Å². The van der Waals surface area contributed by atoms with Gasteiger partial charge in [0.15, 0.2) is 0 Å². The van der Waals surface area contributed by atoms with Crippen molar-refractivity contribution in [2.24, 2.45) is 0 Å². The maximum Gasteiger partial charge on any atom is 0.322 e. The third kappa shape index (κ3) is 3.29. The summed E-state index contributed by atoms with van der Waals surface area (Å²) in [5.41, 5.74) is 1.15. The molecule has 0 bridgehead atoms. The summed E-state index contributed by atoms with van der Waals surface area (Å²) < 4.78 is 5.08. The SMILES string of the molecule is Cc1nnc(NC(=O)c2cc(Cl)nc(C(C)C)c2)o1. The van der Waals surface area contributed by atoms with Crippen LogP contribution >= 0.6 is 11.6 Å². The Morgan fingerprint density at radius 1 is 1.37 bits per heavy atom. The zero-order valence-electron chi connectivity index (χ0n) is 10.8. The maximum absolute atomic E-state index is 12.0. The molecule has 0 atom stereocenters. The zero-order chi connectivity index (χ0) is 14.0. The monoisotopic (exact) mass is 280 g/mol. The van der Waals surface area contributed by atoms with Crippen LogP contribution in [0.3, 0.4) is 0 Å². The van der Waals surface area contributed by atoms with Crippen molar-refractivity contribution < 1.29 is 9.21 Å². The Bertz CT molecular complexity index is 610. The second kappa shape index (κ2) is 5.36. The predicted molar refractivity (Wildman–Crippen MR) is 70.3 cm³/mol. The van der Waals surface area contributed by atoms with Crippen LogP contribution in [0.15, 0.2) is 16.5 Å². The Labute approximate surface area is 115 Å². The molecule has 2 aromatic rings. The number of nitrogens with zero attached hydrogens (tertiary/aromatic N) is 3. The summed E-state index contributed by atoms with van der Waals surface area (Å²) >= 11 is 5.90. The Kier molecular flexibility index (Phi) is 3.80. The lowest BCUT2D eigenvalue weighted by Crippen LogP contribution is -2.13. The van der Waals surface area contributed by atoms with Crippen molar-refractivity contribution >= 4 is 23.5 Å². The number of anilines is 1. The van der Waals surface area contributed by atoms with Crippen LogP contribution in [0.4, 0.5) is 6.01 Å². The quantitative estimate of drug-likeness (QED) is 0.874. The first-order valence-electron chi connectivity index (χ1n) is 5.74. The summed E-state index contributed by atoms with van der Waals surface area (Å²) in [5, 5.41) is 10.1. The highest BCUT2D eigenvalue weighted by Crippen LogP contribution is 2.18. The minimum Gasteiger partial charge on any atom is -0.408 e. The van der Waals surface area contributed by atoms with Crippen molar-refractivity contribution in [1.82, 2.24) is 15.2 Å². The fraction of sp³-hybridized carbons (Fsp3) is 0.333. The lowest BCUT2D eigenvalue weighted by Gasteiger charge is -2.07.